The summed E-state index contributed by atoms with van der Waals surface area (Å²) < 4.78 is 13.2. The normalized spacial score (nSPS) is 14.3. The third-order valence-corrected chi connectivity index (χ3v) is 5.84. The highest BCUT2D eigenvalue weighted by atomic mass is 16.5. The molecule has 4 rings (SSSR count). The number of nitrogens with zero attached hydrogens (tertiary/aromatic N) is 3. The van der Waals surface area contributed by atoms with Gasteiger partial charge in [-0.05, 0) is 31.2 Å². The van der Waals surface area contributed by atoms with Gasteiger partial charge in [0, 0.05) is 42.3 Å². The van der Waals surface area contributed by atoms with Crippen molar-refractivity contribution in [1.29, 1.82) is 0 Å². The van der Waals surface area contributed by atoms with Gasteiger partial charge >= 0.3 is 6.03 Å². The number of imide groups is 2. The molecule has 0 unspecified atom stereocenters. The zero-order chi connectivity index (χ0) is 23.7. The fourth-order valence-corrected chi connectivity index (χ4v) is 3.99. The summed E-state index contributed by atoms with van der Waals surface area (Å²) >= 11 is 0. The Labute approximate surface area is 191 Å². The molecule has 0 atom stereocenters. The van der Waals surface area contributed by atoms with E-state index in [4.69, 9.17) is 9.47 Å². The minimum atomic E-state index is -0.643. The van der Waals surface area contributed by atoms with E-state index in [9.17, 15) is 14.4 Å². The van der Waals surface area contributed by atoms with Crippen molar-refractivity contribution in [3.63, 3.8) is 0 Å². The van der Waals surface area contributed by atoms with Gasteiger partial charge < -0.3 is 14.0 Å². The van der Waals surface area contributed by atoms with E-state index in [1.807, 2.05) is 55.5 Å². The van der Waals surface area contributed by atoms with Crippen LogP contribution in [0.15, 0.2) is 54.1 Å². The van der Waals surface area contributed by atoms with Crippen LogP contribution in [0.3, 0.4) is 0 Å². The van der Waals surface area contributed by atoms with Crippen LogP contribution in [0, 0.1) is 6.92 Å². The van der Waals surface area contributed by atoms with Gasteiger partial charge in [-0.25, -0.2) is 4.79 Å². The van der Waals surface area contributed by atoms with E-state index in [0.29, 0.717) is 18.9 Å². The molecule has 1 aliphatic heterocycles. The van der Waals surface area contributed by atoms with E-state index in [-0.39, 0.29) is 5.57 Å². The molecule has 2 heterocycles. The minimum Gasteiger partial charge on any atom is -0.497 e. The van der Waals surface area contributed by atoms with Crippen LogP contribution in [-0.2, 0) is 16.1 Å². The Morgan fingerprint density at radius 1 is 0.909 bits per heavy atom. The second-order valence-corrected chi connectivity index (χ2v) is 7.76. The lowest BCUT2D eigenvalue weighted by atomic mass is 10.0. The molecule has 4 amide bonds. The Balaban J connectivity index is 1.67. The Hall–Kier alpha value is -4.07. The van der Waals surface area contributed by atoms with Crippen LogP contribution in [0.1, 0.15) is 11.3 Å². The van der Waals surface area contributed by atoms with Crippen LogP contribution in [0.5, 0.6) is 11.5 Å². The molecule has 0 saturated carbocycles. The highest BCUT2D eigenvalue weighted by molar-refractivity contribution is 6.31. The van der Waals surface area contributed by atoms with Gasteiger partial charge in [0.1, 0.15) is 23.7 Å². The van der Waals surface area contributed by atoms with Crippen molar-refractivity contribution in [3.05, 3.63) is 65.4 Å². The number of aromatic nitrogens is 1. The fraction of sp³-hybridized carbons (Fsp3) is 0.240. The predicted molar refractivity (Wildman–Crippen MR) is 124 cm³/mol. The van der Waals surface area contributed by atoms with E-state index in [0.717, 1.165) is 37.7 Å². The molecule has 8 nitrogen and oxygen atoms in total. The smallest absolute Gasteiger partial charge is 0.333 e. The number of carbonyl (C=O) groups excluding carboxylic acids is 3. The lowest BCUT2D eigenvalue weighted by Gasteiger charge is -2.28. The molecule has 170 valence electrons. The van der Waals surface area contributed by atoms with Crippen LogP contribution >= 0.6 is 0 Å². The third kappa shape index (κ3) is 3.95. The van der Waals surface area contributed by atoms with Crippen LogP contribution in [-0.4, -0.2) is 60.0 Å². The number of methoxy groups -OCH3 is 1. The number of hydrogen-bond donors (Lipinski definition) is 0. The lowest BCUT2D eigenvalue weighted by Crippen LogP contribution is -2.52. The van der Waals surface area contributed by atoms with E-state index >= 15 is 0 Å². The van der Waals surface area contributed by atoms with E-state index in [1.54, 1.807) is 13.2 Å². The molecule has 0 N–H and O–H groups in total. The molecule has 0 spiro atoms. The quantitative estimate of drug-likeness (QED) is 0.427. The van der Waals surface area contributed by atoms with Crippen molar-refractivity contribution in [2.24, 2.45) is 0 Å². The molecular formula is C25H25N3O5. The fourth-order valence-electron chi connectivity index (χ4n) is 3.99. The summed E-state index contributed by atoms with van der Waals surface area (Å²) in [7, 11) is 4.35. The van der Waals surface area contributed by atoms with E-state index in [1.165, 1.54) is 14.1 Å². The van der Waals surface area contributed by atoms with Crippen molar-refractivity contribution >= 4 is 34.8 Å². The molecular weight excluding hydrogens is 422 g/mol. The van der Waals surface area contributed by atoms with Crippen LogP contribution < -0.4 is 9.47 Å². The molecule has 0 radical (unpaired) electrons. The highest BCUT2D eigenvalue weighted by Crippen LogP contribution is 2.29. The van der Waals surface area contributed by atoms with Crippen LogP contribution in [0.25, 0.3) is 17.0 Å². The Morgan fingerprint density at radius 2 is 1.58 bits per heavy atom. The number of rotatable bonds is 6. The first kappa shape index (κ1) is 22.1. The van der Waals surface area contributed by atoms with Gasteiger partial charge in [0.15, 0.2) is 0 Å². The number of benzene rings is 2. The van der Waals surface area contributed by atoms with Gasteiger partial charge in [-0.1, -0.05) is 24.3 Å². The second-order valence-electron chi connectivity index (χ2n) is 7.76. The highest BCUT2D eigenvalue weighted by Gasteiger charge is 2.38. The molecule has 1 aromatic heterocycles. The summed E-state index contributed by atoms with van der Waals surface area (Å²) in [5.74, 6) is 0.209. The summed E-state index contributed by atoms with van der Waals surface area (Å²) in [6, 6.07) is 14.6. The average molecular weight is 447 g/mol. The first-order valence-corrected chi connectivity index (χ1v) is 10.5. The molecule has 33 heavy (non-hydrogen) atoms. The molecule has 3 aromatic rings. The molecule has 0 bridgehead atoms. The molecule has 1 aliphatic rings. The van der Waals surface area contributed by atoms with Crippen molar-refractivity contribution in [1.82, 2.24) is 14.4 Å². The lowest BCUT2D eigenvalue weighted by molar-refractivity contribution is -0.134. The number of fused-ring (bicyclic) bond motifs is 1. The molecule has 8 heteroatoms. The Bertz CT molecular complexity index is 1260. The van der Waals surface area contributed by atoms with Gasteiger partial charge in [-0.3, -0.25) is 19.4 Å². The number of ether oxygens (including phenoxy) is 2. The van der Waals surface area contributed by atoms with Gasteiger partial charge in [-0.15, -0.1) is 0 Å². The monoisotopic (exact) mass is 447 g/mol. The number of para-hydroxylation sites is 1. The summed E-state index contributed by atoms with van der Waals surface area (Å²) in [4.78, 5) is 39.3. The third-order valence-electron chi connectivity index (χ3n) is 5.84. The number of amides is 4. The van der Waals surface area contributed by atoms with Gasteiger partial charge in [0.2, 0.25) is 0 Å². The number of likely N-dealkylation sites (N-methyl/N-ethyl adjacent to an activating group) is 2. The van der Waals surface area contributed by atoms with Crippen LogP contribution in [0.4, 0.5) is 4.79 Å². The summed E-state index contributed by atoms with van der Waals surface area (Å²) in [6.45, 7) is 2.92. The predicted octanol–water partition coefficient (Wildman–Crippen LogP) is 3.47. The van der Waals surface area contributed by atoms with Gasteiger partial charge in [-0.2, -0.15) is 0 Å². The maximum atomic E-state index is 12.7. The standard InChI is InChI=1S/C25H25N3O5/c1-16-20(15-21-23(29)26(2)25(31)27(3)24(21)30)19-10-5-6-11-22(19)28(16)12-13-33-18-9-7-8-17(14-18)32-4/h5-11,14-15H,12-13H2,1-4H3. The SMILES string of the molecule is COc1cccc(OCCn2c(C)c(C=C3C(=O)N(C)C(=O)N(C)C3=O)c3ccccc32)c1. The summed E-state index contributed by atoms with van der Waals surface area (Å²) in [5.41, 5.74) is 2.57. The zero-order valence-electron chi connectivity index (χ0n) is 19.0. The largest absolute Gasteiger partial charge is 0.497 e. The first-order valence-electron chi connectivity index (χ1n) is 10.5. The topological polar surface area (TPSA) is 81.1 Å². The Morgan fingerprint density at radius 3 is 2.27 bits per heavy atom. The maximum Gasteiger partial charge on any atom is 0.333 e. The number of urea groups is 1. The van der Waals surface area contributed by atoms with E-state index in [2.05, 4.69) is 4.57 Å². The molecule has 2 aromatic carbocycles. The number of barbiturate groups is 1. The first-order chi connectivity index (χ1) is 15.8. The summed E-state index contributed by atoms with van der Waals surface area (Å²) in [5, 5.41) is 0.909. The average Bonchev–Trinajstić information content (AvgIpc) is 3.10. The van der Waals surface area contributed by atoms with Crippen molar-refractivity contribution in [2.75, 3.05) is 27.8 Å². The molecule has 0 aliphatic carbocycles. The number of hydrogen-bond acceptors (Lipinski definition) is 5. The summed E-state index contributed by atoms with van der Waals surface area (Å²) in [6.07, 6.45) is 1.58. The zero-order valence-corrected chi connectivity index (χ0v) is 19.0. The Kier molecular flexibility index (Phi) is 5.91. The van der Waals surface area contributed by atoms with Crippen LogP contribution in [0.2, 0.25) is 0 Å². The van der Waals surface area contributed by atoms with Crippen molar-refractivity contribution in [3.8, 4) is 11.5 Å². The molecule has 1 fully saturated rings. The van der Waals surface area contributed by atoms with Crippen molar-refractivity contribution < 1.29 is 23.9 Å². The second kappa shape index (κ2) is 8.82. The maximum absolute atomic E-state index is 12.7. The minimum absolute atomic E-state index is 0.0433. The van der Waals surface area contributed by atoms with Gasteiger partial charge in [0.25, 0.3) is 11.8 Å². The van der Waals surface area contributed by atoms with Gasteiger partial charge in [0.05, 0.1) is 13.7 Å². The molecule has 1 saturated heterocycles. The van der Waals surface area contributed by atoms with E-state index < -0.39 is 17.8 Å². The number of carbonyl (C=O) groups is 3. The van der Waals surface area contributed by atoms with Crippen molar-refractivity contribution in [2.45, 2.75) is 13.5 Å².